The molecule has 0 aliphatic heterocycles. The summed E-state index contributed by atoms with van der Waals surface area (Å²) >= 11 is 0. The van der Waals surface area contributed by atoms with Crippen LogP contribution in [-0.2, 0) is 19.2 Å². The lowest BCUT2D eigenvalue weighted by molar-refractivity contribution is -0.168. The lowest BCUT2D eigenvalue weighted by Gasteiger charge is -2.17. The Hall–Kier alpha value is -1.10. The number of rotatable bonds is 24. The summed E-state index contributed by atoms with van der Waals surface area (Å²) in [5.74, 6) is 0.467. The largest absolute Gasteiger partial charge is 0.465 e. The number of hydroxylamine groups is 2. The van der Waals surface area contributed by atoms with E-state index in [-0.39, 0.29) is 11.9 Å². The Balaban J connectivity index is 4.02. The van der Waals surface area contributed by atoms with Crippen LogP contribution in [0.2, 0.25) is 0 Å². The van der Waals surface area contributed by atoms with Crippen LogP contribution < -0.4 is 0 Å². The Morgan fingerprint density at radius 1 is 0.667 bits per heavy atom. The SMILES string of the molecule is CCCCCCCCC(CCCCCCCC)COC(=O)CCCCCCC(=O)N(C)OC. The third kappa shape index (κ3) is 21.2. The number of unbranched alkanes of at least 4 members (excludes halogenated alkanes) is 13. The van der Waals surface area contributed by atoms with Gasteiger partial charge in [0.05, 0.1) is 13.7 Å². The molecule has 0 unspecified atom stereocenters. The molecule has 0 rings (SSSR count). The molecule has 0 aliphatic carbocycles. The highest BCUT2D eigenvalue weighted by atomic mass is 16.7. The first-order valence-corrected chi connectivity index (χ1v) is 14.0. The molecule has 0 radical (unpaired) electrons. The molecule has 0 N–H and O–H groups in total. The van der Waals surface area contributed by atoms with Gasteiger partial charge in [0.2, 0.25) is 5.91 Å². The van der Waals surface area contributed by atoms with Crippen molar-refractivity contribution in [2.75, 3.05) is 20.8 Å². The van der Waals surface area contributed by atoms with E-state index >= 15 is 0 Å². The summed E-state index contributed by atoms with van der Waals surface area (Å²) in [7, 11) is 3.12. The standard InChI is InChI=1S/C28H55NO4/c1-5-7-9-11-13-17-21-26(22-18-14-12-10-8-6-2)25-33-28(31)24-20-16-15-19-23-27(30)29(3)32-4/h26H,5-25H2,1-4H3. The van der Waals surface area contributed by atoms with E-state index in [4.69, 9.17) is 9.57 Å². The number of hydrogen-bond donors (Lipinski definition) is 0. The molecular weight excluding hydrogens is 414 g/mol. The molecule has 1 amide bonds. The number of carbonyl (C=O) groups is 2. The van der Waals surface area contributed by atoms with Gasteiger partial charge in [-0.05, 0) is 31.6 Å². The Labute approximate surface area is 205 Å². The fourth-order valence-electron chi connectivity index (χ4n) is 4.18. The number of hydrogen-bond acceptors (Lipinski definition) is 4. The maximum absolute atomic E-state index is 12.2. The summed E-state index contributed by atoms with van der Waals surface area (Å²) in [6, 6.07) is 0. The molecule has 0 atom stereocenters. The van der Waals surface area contributed by atoms with Crippen LogP contribution in [-0.4, -0.2) is 37.7 Å². The topological polar surface area (TPSA) is 55.8 Å². The summed E-state index contributed by atoms with van der Waals surface area (Å²) in [6.07, 6.45) is 22.8. The Morgan fingerprint density at radius 3 is 1.64 bits per heavy atom. The smallest absolute Gasteiger partial charge is 0.305 e. The third-order valence-corrected chi connectivity index (χ3v) is 6.56. The van der Waals surface area contributed by atoms with E-state index in [9.17, 15) is 9.59 Å². The van der Waals surface area contributed by atoms with Gasteiger partial charge in [-0.3, -0.25) is 14.4 Å². The van der Waals surface area contributed by atoms with E-state index < -0.39 is 0 Å². The van der Waals surface area contributed by atoms with E-state index in [0.29, 0.717) is 25.4 Å². The highest BCUT2D eigenvalue weighted by Crippen LogP contribution is 2.20. The monoisotopic (exact) mass is 469 g/mol. The molecule has 0 aromatic heterocycles. The number of carbonyl (C=O) groups excluding carboxylic acids is 2. The third-order valence-electron chi connectivity index (χ3n) is 6.56. The van der Waals surface area contributed by atoms with E-state index in [1.54, 1.807) is 7.05 Å². The van der Waals surface area contributed by atoms with Crippen LogP contribution in [0.4, 0.5) is 0 Å². The first-order valence-electron chi connectivity index (χ1n) is 14.0. The molecule has 0 saturated carbocycles. The Kier molecular flexibility index (Phi) is 23.2. The Morgan fingerprint density at radius 2 is 1.12 bits per heavy atom. The van der Waals surface area contributed by atoms with Gasteiger partial charge in [-0.15, -0.1) is 0 Å². The summed E-state index contributed by atoms with van der Waals surface area (Å²) in [5, 5.41) is 1.27. The number of ether oxygens (including phenoxy) is 1. The van der Waals surface area contributed by atoms with E-state index in [2.05, 4.69) is 13.8 Å². The van der Waals surface area contributed by atoms with Crippen molar-refractivity contribution in [3.05, 3.63) is 0 Å². The van der Waals surface area contributed by atoms with Gasteiger partial charge in [0.1, 0.15) is 0 Å². The van der Waals surface area contributed by atoms with Gasteiger partial charge < -0.3 is 4.74 Å². The van der Waals surface area contributed by atoms with Gasteiger partial charge in [0.15, 0.2) is 0 Å². The molecule has 0 fully saturated rings. The number of amides is 1. The van der Waals surface area contributed by atoms with Gasteiger partial charge in [0.25, 0.3) is 0 Å². The van der Waals surface area contributed by atoms with E-state index in [0.717, 1.165) is 25.7 Å². The van der Waals surface area contributed by atoms with Crippen LogP contribution in [0.15, 0.2) is 0 Å². The van der Waals surface area contributed by atoms with Crippen LogP contribution in [0.3, 0.4) is 0 Å². The molecule has 196 valence electrons. The lowest BCUT2D eigenvalue weighted by atomic mass is 9.94. The van der Waals surface area contributed by atoms with Gasteiger partial charge in [-0.25, -0.2) is 5.06 Å². The molecule has 0 saturated heterocycles. The first kappa shape index (κ1) is 31.9. The number of nitrogens with zero attached hydrogens (tertiary/aromatic N) is 1. The van der Waals surface area contributed by atoms with Gasteiger partial charge in [-0.1, -0.05) is 104 Å². The second-order valence-corrected chi connectivity index (χ2v) is 9.65. The zero-order chi connectivity index (χ0) is 24.6. The van der Waals surface area contributed by atoms with Gasteiger partial charge >= 0.3 is 5.97 Å². The average molecular weight is 470 g/mol. The second kappa shape index (κ2) is 24.0. The molecule has 0 aromatic rings. The molecule has 5 nitrogen and oxygen atoms in total. The maximum atomic E-state index is 12.2. The number of esters is 1. The summed E-state index contributed by atoms with van der Waals surface area (Å²) in [6.45, 7) is 5.11. The second-order valence-electron chi connectivity index (χ2n) is 9.65. The van der Waals surface area contributed by atoms with Gasteiger partial charge in [0, 0.05) is 19.9 Å². The van der Waals surface area contributed by atoms with Crippen LogP contribution in [0, 0.1) is 5.92 Å². The van der Waals surface area contributed by atoms with E-state index in [1.807, 2.05) is 0 Å². The average Bonchev–Trinajstić information content (AvgIpc) is 2.82. The van der Waals surface area contributed by atoms with Crippen LogP contribution >= 0.6 is 0 Å². The molecule has 0 aliphatic rings. The Bertz CT molecular complexity index is 439. The summed E-state index contributed by atoms with van der Waals surface area (Å²) in [4.78, 5) is 28.8. The highest BCUT2D eigenvalue weighted by Gasteiger charge is 2.12. The van der Waals surface area contributed by atoms with E-state index in [1.165, 1.54) is 102 Å². The van der Waals surface area contributed by atoms with Crippen molar-refractivity contribution in [1.29, 1.82) is 0 Å². The van der Waals surface area contributed by atoms with Crippen LogP contribution in [0.5, 0.6) is 0 Å². The maximum Gasteiger partial charge on any atom is 0.305 e. The molecule has 0 spiro atoms. The molecule has 33 heavy (non-hydrogen) atoms. The van der Waals surface area contributed by atoms with Crippen molar-refractivity contribution in [3.8, 4) is 0 Å². The predicted octanol–water partition coefficient (Wildman–Crippen LogP) is 8.01. The summed E-state index contributed by atoms with van der Waals surface area (Å²) < 4.78 is 5.67. The normalized spacial score (nSPS) is 11.2. The molecule has 5 heteroatoms. The van der Waals surface area contributed by atoms with Crippen molar-refractivity contribution >= 4 is 11.9 Å². The first-order chi connectivity index (χ1) is 16.0. The zero-order valence-electron chi connectivity index (χ0n) is 22.5. The predicted molar refractivity (Wildman–Crippen MR) is 138 cm³/mol. The fourth-order valence-corrected chi connectivity index (χ4v) is 4.18. The van der Waals surface area contributed by atoms with Crippen molar-refractivity contribution in [2.24, 2.45) is 5.92 Å². The fraction of sp³-hybridized carbons (Fsp3) is 0.929. The molecule has 0 heterocycles. The van der Waals surface area contributed by atoms with Crippen molar-refractivity contribution in [3.63, 3.8) is 0 Å². The van der Waals surface area contributed by atoms with Crippen LogP contribution in [0.1, 0.15) is 142 Å². The molecule has 0 bridgehead atoms. The highest BCUT2D eigenvalue weighted by molar-refractivity contribution is 5.74. The minimum Gasteiger partial charge on any atom is -0.465 e. The minimum absolute atomic E-state index is 0.00122. The molecule has 0 aromatic carbocycles. The van der Waals surface area contributed by atoms with Crippen molar-refractivity contribution in [2.45, 2.75) is 142 Å². The summed E-state index contributed by atoms with van der Waals surface area (Å²) in [5.41, 5.74) is 0. The van der Waals surface area contributed by atoms with Gasteiger partial charge in [-0.2, -0.15) is 0 Å². The van der Waals surface area contributed by atoms with Crippen LogP contribution in [0.25, 0.3) is 0 Å². The zero-order valence-corrected chi connectivity index (χ0v) is 22.5. The van der Waals surface area contributed by atoms with Crippen molar-refractivity contribution in [1.82, 2.24) is 5.06 Å². The molecular formula is C28H55NO4. The minimum atomic E-state index is -0.0546. The van der Waals surface area contributed by atoms with Crippen molar-refractivity contribution < 1.29 is 19.2 Å². The quantitative estimate of drug-likeness (QED) is 0.0816. The lowest BCUT2D eigenvalue weighted by Crippen LogP contribution is -2.24.